The summed E-state index contributed by atoms with van der Waals surface area (Å²) in [5.41, 5.74) is 0.651. The minimum absolute atomic E-state index is 0.0503. The van der Waals surface area contributed by atoms with E-state index in [-0.39, 0.29) is 21.7 Å². The van der Waals surface area contributed by atoms with Gasteiger partial charge in [0.15, 0.2) is 0 Å². The lowest BCUT2D eigenvalue weighted by Crippen LogP contribution is -2.09. The molecule has 0 aliphatic rings. The van der Waals surface area contributed by atoms with Crippen LogP contribution in [0.1, 0.15) is 6.42 Å². The van der Waals surface area contributed by atoms with E-state index in [1.165, 1.54) is 12.1 Å². The van der Waals surface area contributed by atoms with Crippen LogP contribution in [0.3, 0.4) is 0 Å². The van der Waals surface area contributed by atoms with Crippen LogP contribution in [0.2, 0.25) is 0 Å². The van der Waals surface area contributed by atoms with E-state index in [2.05, 4.69) is 10.3 Å². The molecule has 27 heavy (non-hydrogen) atoms. The van der Waals surface area contributed by atoms with E-state index in [0.717, 1.165) is 12.1 Å². The van der Waals surface area contributed by atoms with Gasteiger partial charge in [0, 0.05) is 25.8 Å². The standard InChI is InChI=1S/C19H19FN2O4S/c1-25-13-5-12-21-18-19(22-17(26-18)14-6-3-2-4-7-14)27(23,24)16-10-8-15(20)9-11-16/h2-4,6-11,21H,5,12-13H2,1H3. The Hall–Kier alpha value is -2.71. The maximum Gasteiger partial charge on any atom is 0.233 e. The maximum atomic E-state index is 13.2. The zero-order valence-corrected chi connectivity index (χ0v) is 15.5. The number of ether oxygens (including phenoxy) is 1. The molecule has 3 aromatic rings. The Morgan fingerprint density at radius 1 is 1.11 bits per heavy atom. The molecular formula is C19H19FN2O4S. The highest BCUT2D eigenvalue weighted by molar-refractivity contribution is 7.91. The molecule has 0 unspecified atom stereocenters. The minimum atomic E-state index is -3.98. The Morgan fingerprint density at radius 3 is 2.48 bits per heavy atom. The van der Waals surface area contributed by atoms with E-state index >= 15 is 0 Å². The Balaban J connectivity index is 2.00. The first kappa shape index (κ1) is 19.1. The summed E-state index contributed by atoms with van der Waals surface area (Å²) in [6.45, 7) is 0.968. The monoisotopic (exact) mass is 390 g/mol. The van der Waals surface area contributed by atoms with Crippen molar-refractivity contribution >= 4 is 15.7 Å². The quantitative estimate of drug-likeness (QED) is 0.466. The number of anilines is 1. The molecule has 0 spiro atoms. The van der Waals surface area contributed by atoms with E-state index < -0.39 is 15.7 Å². The van der Waals surface area contributed by atoms with Gasteiger partial charge in [0.05, 0.1) is 4.90 Å². The third kappa shape index (κ3) is 4.35. The van der Waals surface area contributed by atoms with Gasteiger partial charge in [-0.15, -0.1) is 0 Å². The van der Waals surface area contributed by atoms with Gasteiger partial charge < -0.3 is 14.5 Å². The number of methoxy groups -OCH3 is 1. The summed E-state index contributed by atoms with van der Waals surface area (Å²) in [6, 6.07) is 13.6. The largest absolute Gasteiger partial charge is 0.419 e. The molecule has 0 aliphatic heterocycles. The van der Waals surface area contributed by atoms with Crippen LogP contribution >= 0.6 is 0 Å². The summed E-state index contributed by atoms with van der Waals surface area (Å²) in [5.74, 6) is -0.281. The molecule has 1 heterocycles. The van der Waals surface area contributed by atoms with Gasteiger partial charge in [0.25, 0.3) is 0 Å². The SMILES string of the molecule is COCCCNc1oc(-c2ccccc2)nc1S(=O)(=O)c1ccc(F)cc1. The lowest BCUT2D eigenvalue weighted by Gasteiger charge is -2.06. The molecule has 0 saturated heterocycles. The van der Waals surface area contributed by atoms with Crippen molar-refractivity contribution < 1.29 is 22.0 Å². The average Bonchev–Trinajstić information content (AvgIpc) is 3.11. The first-order chi connectivity index (χ1) is 13.0. The summed E-state index contributed by atoms with van der Waals surface area (Å²) in [6.07, 6.45) is 0.661. The zero-order chi connectivity index (χ0) is 19.3. The predicted octanol–water partition coefficient (Wildman–Crippen LogP) is 3.76. The van der Waals surface area contributed by atoms with Crippen LogP contribution in [-0.2, 0) is 14.6 Å². The summed E-state index contributed by atoms with van der Waals surface area (Å²) < 4.78 is 49.8. The number of sulfone groups is 1. The van der Waals surface area contributed by atoms with Crippen LogP contribution in [0.5, 0.6) is 0 Å². The summed E-state index contributed by atoms with van der Waals surface area (Å²) in [4.78, 5) is 4.15. The van der Waals surface area contributed by atoms with Crippen molar-refractivity contribution in [2.75, 3.05) is 25.6 Å². The number of nitrogens with one attached hydrogen (secondary N) is 1. The topological polar surface area (TPSA) is 81.4 Å². The van der Waals surface area contributed by atoms with Gasteiger partial charge in [-0.05, 0) is 42.8 Å². The molecule has 1 N–H and O–H groups in total. The summed E-state index contributed by atoms with van der Waals surface area (Å²) in [5, 5.41) is 2.73. The molecule has 0 bridgehead atoms. The van der Waals surface area contributed by atoms with E-state index in [1.807, 2.05) is 6.07 Å². The number of nitrogens with zero attached hydrogens (tertiary/aromatic N) is 1. The fourth-order valence-corrected chi connectivity index (χ4v) is 3.73. The fraction of sp³-hybridized carbons (Fsp3) is 0.211. The molecule has 1 aromatic heterocycles. The van der Waals surface area contributed by atoms with Gasteiger partial charge in [-0.1, -0.05) is 18.2 Å². The molecule has 142 valence electrons. The van der Waals surface area contributed by atoms with Crippen molar-refractivity contribution in [3.8, 4) is 11.5 Å². The van der Waals surface area contributed by atoms with Crippen molar-refractivity contribution in [2.45, 2.75) is 16.3 Å². The van der Waals surface area contributed by atoms with E-state index in [9.17, 15) is 12.8 Å². The number of hydrogen-bond acceptors (Lipinski definition) is 6. The molecular weight excluding hydrogens is 371 g/mol. The Kier molecular flexibility index (Phi) is 5.88. The Morgan fingerprint density at radius 2 is 1.81 bits per heavy atom. The van der Waals surface area contributed by atoms with Gasteiger partial charge in [-0.25, -0.2) is 12.8 Å². The van der Waals surface area contributed by atoms with Gasteiger partial charge in [-0.2, -0.15) is 4.98 Å². The number of halogens is 1. The minimum Gasteiger partial charge on any atom is -0.419 e. The molecule has 8 heteroatoms. The average molecular weight is 390 g/mol. The molecule has 0 atom stereocenters. The van der Waals surface area contributed by atoms with E-state index in [1.54, 1.807) is 31.4 Å². The number of aromatic nitrogens is 1. The van der Waals surface area contributed by atoms with Gasteiger partial charge >= 0.3 is 0 Å². The molecule has 2 aromatic carbocycles. The molecule has 3 rings (SSSR count). The van der Waals surface area contributed by atoms with Crippen LogP contribution in [0, 0.1) is 5.82 Å². The van der Waals surface area contributed by atoms with Crippen molar-refractivity contribution in [2.24, 2.45) is 0 Å². The van der Waals surface area contributed by atoms with Gasteiger partial charge in [0.1, 0.15) is 5.82 Å². The van der Waals surface area contributed by atoms with Crippen LogP contribution in [-0.4, -0.2) is 33.7 Å². The molecule has 0 amide bonds. The highest BCUT2D eigenvalue weighted by Crippen LogP contribution is 2.32. The molecule has 0 aliphatic carbocycles. The van der Waals surface area contributed by atoms with Crippen molar-refractivity contribution in [3.63, 3.8) is 0 Å². The van der Waals surface area contributed by atoms with E-state index in [4.69, 9.17) is 9.15 Å². The molecule has 0 saturated carbocycles. The molecule has 6 nitrogen and oxygen atoms in total. The first-order valence-corrected chi connectivity index (χ1v) is 9.80. The van der Waals surface area contributed by atoms with E-state index in [0.29, 0.717) is 25.1 Å². The second-order valence-corrected chi connectivity index (χ2v) is 7.61. The number of rotatable bonds is 8. The normalized spacial score (nSPS) is 11.5. The smallest absolute Gasteiger partial charge is 0.233 e. The lowest BCUT2D eigenvalue weighted by molar-refractivity contribution is 0.197. The highest BCUT2D eigenvalue weighted by Gasteiger charge is 2.28. The highest BCUT2D eigenvalue weighted by atomic mass is 32.2. The van der Waals surface area contributed by atoms with Gasteiger partial charge in [0.2, 0.25) is 26.6 Å². The van der Waals surface area contributed by atoms with Crippen LogP contribution in [0.4, 0.5) is 10.3 Å². The van der Waals surface area contributed by atoms with Crippen LogP contribution in [0.15, 0.2) is 68.9 Å². The predicted molar refractivity (Wildman–Crippen MR) is 98.8 cm³/mol. The second kappa shape index (κ2) is 8.32. The Labute approximate surface area is 156 Å². The first-order valence-electron chi connectivity index (χ1n) is 8.32. The maximum absolute atomic E-state index is 13.2. The third-order valence-corrected chi connectivity index (χ3v) is 5.48. The van der Waals surface area contributed by atoms with Crippen LogP contribution in [0.25, 0.3) is 11.5 Å². The lowest BCUT2D eigenvalue weighted by atomic mass is 10.2. The number of hydrogen-bond donors (Lipinski definition) is 1. The second-order valence-electron chi connectivity index (χ2n) is 5.75. The van der Waals surface area contributed by atoms with Crippen LogP contribution < -0.4 is 5.32 Å². The number of benzene rings is 2. The van der Waals surface area contributed by atoms with Crippen molar-refractivity contribution in [1.82, 2.24) is 4.98 Å². The number of oxazole rings is 1. The van der Waals surface area contributed by atoms with Crippen molar-refractivity contribution in [1.29, 1.82) is 0 Å². The van der Waals surface area contributed by atoms with Crippen molar-refractivity contribution in [3.05, 3.63) is 60.4 Å². The van der Waals surface area contributed by atoms with Gasteiger partial charge in [-0.3, -0.25) is 0 Å². The Bertz CT molecular complexity index is 986. The summed E-state index contributed by atoms with van der Waals surface area (Å²) >= 11 is 0. The molecule has 0 radical (unpaired) electrons. The summed E-state index contributed by atoms with van der Waals surface area (Å²) in [7, 11) is -2.39. The zero-order valence-electron chi connectivity index (χ0n) is 14.7. The third-order valence-electron chi connectivity index (χ3n) is 3.81. The fourth-order valence-electron chi connectivity index (χ4n) is 2.45. The molecule has 0 fully saturated rings.